The first kappa shape index (κ1) is 19.9. The molecule has 0 unspecified atom stereocenters. The molecule has 1 fully saturated rings. The maximum Gasteiger partial charge on any atom is 0.131 e. The SMILES string of the molecule is C/C=C/CCc1ccc(-c2ccc([C@H]3CC[C@H](CCC)CC3)cc2)c(F)c1. The molecule has 0 N–H and O–H groups in total. The van der Waals surface area contributed by atoms with Crippen molar-refractivity contribution in [2.45, 2.75) is 71.1 Å². The van der Waals surface area contributed by atoms with Gasteiger partial charge in [0, 0.05) is 5.56 Å². The summed E-state index contributed by atoms with van der Waals surface area (Å²) in [6, 6.07) is 14.3. The standard InChI is InChI=1S/C26H33F/c1-3-5-6-8-21-11-18-25(26(27)19-21)24-16-14-23(15-17-24)22-12-9-20(7-4-2)10-13-22/h3,5,11,14-20,22H,4,6-10,12-13H2,1-2H3/b5-3+/t20-,22-. The van der Waals surface area contributed by atoms with Gasteiger partial charge in [0.25, 0.3) is 0 Å². The predicted molar refractivity (Wildman–Crippen MR) is 115 cm³/mol. The quantitative estimate of drug-likeness (QED) is 0.436. The van der Waals surface area contributed by atoms with Crippen LogP contribution in [0.1, 0.15) is 75.8 Å². The van der Waals surface area contributed by atoms with Crippen LogP contribution in [0.5, 0.6) is 0 Å². The maximum absolute atomic E-state index is 14.6. The van der Waals surface area contributed by atoms with E-state index in [0.717, 1.165) is 29.9 Å². The van der Waals surface area contributed by atoms with Gasteiger partial charge in [0.1, 0.15) is 5.82 Å². The molecule has 0 aliphatic heterocycles. The van der Waals surface area contributed by atoms with E-state index in [4.69, 9.17) is 0 Å². The molecular weight excluding hydrogens is 331 g/mol. The van der Waals surface area contributed by atoms with E-state index in [-0.39, 0.29) is 5.82 Å². The van der Waals surface area contributed by atoms with Crippen LogP contribution in [-0.2, 0) is 6.42 Å². The van der Waals surface area contributed by atoms with Gasteiger partial charge in [0.2, 0.25) is 0 Å². The number of rotatable bonds is 7. The minimum Gasteiger partial charge on any atom is -0.206 e. The summed E-state index contributed by atoms with van der Waals surface area (Å²) in [5.74, 6) is 1.51. The third kappa shape index (κ3) is 5.31. The fourth-order valence-electron chi connectivity index (χ4n) is 4.49. The van der Waals surface area contributed by atoms with Gasteiger partial charge in [-0.1, -0.05) is 68.3 Å². The van der Waals surface area contributed by atoms with E-state index in [1.807, 2.05) is 19.1 Å². The van der Waals surface area contributed by atoms with Crippen LogP contribution in [0.2, 0.25) is 0 Å². The van der Waals surface area contributed by atoms with Crippen LogP contribution in [0.3, 0.4) is 0 Å². The van der Waals surface area contributed by atoms with Gasteiger partial charge in [-0.2, -0.15) is 0 Å². The fraction of sp³-hybridized carbons (Fsp3) is 0.462. The largest absolute Gasteiger partial charge is 0.206 e. The van der Waals surface area contributed by atoms with Gasteiger partial charge >= 0.3 is 0 Å². The van der Waals surface area contributed by atoms with E-state index in [0.29, 0.717) is 11.5 Å². The lowest BCUT2D eigenvalue weighted by atomic mass is 9.77. The monoisotopic (exact) mass is 364 g/mol. The van der Waals surface area contributed by atoms with Crippen LogP contribution >= 0.6 is 0 Å². The maximum atomic E-state index is 14.6. The van der Waals surface area contributed by atoms with Crippen molar-refractivity contribution in [1.29, 1.82) is 0 Å². The Balaban J connectivity index is 1.65. The molecule has 1 heteroatoms. The third-order valence-electron chi connectivity index (χ3n) is 6.11. The Bertz CT molecular complexity index is 733. The Morgan fingerprint density at radius 3 is 2.37 bits per heavy atom. The number of aryl methyl sites for hydroxylation is 1. The lowest BCUT2D eigenvalue weighted by Gasteiger charge is -2.28. The smallest absolute Gasteiger partial charge is 0.131 e. The summed E-state index contributed by atoms with van der Waals surface area (Å²) in [7, 11) is 0. The summed E-state index contributed by atoms with van der Waals surface area (Å²) in [5, 5.41) is 0. The topological polar surface area (TPSA) is 0 Å². The fourth-order valence-corrected chi connectivity index (χ4v) is 4.49. The first-order valence-corrected chi connectivity index (χ1v) is 10.7. The zero-order chi connectivity index (χ0) is 19.1. The highest BCUT2D eigenvalue weighted by Crippen LogP contribution is 2.38. The Morgan fingerprint density at radius 1 is 1.00 bits per heavy atom. The predicted octanol–water partition coefficient (Wildman–Crippen LogP) is 8.08. The molecule has 1 aliphatic carbocycles. The molecule has 3 rings (SSSR count). The minimum absolute atomic E-state index is 0.110. The second-order valence-electron chi connectivity index (χ2n) is 8.05. The van der Waals surface area contributed by atoms with Gasteiger partial charge in [0.05, 0.1) is 0 Å². The molecule has 27 heavy (non-hydrogen) atoms. The average molecular weight is 365 g/mol. The Morgan fingerprint density at radius 2 is 1.74 bits per heavy atom. The second-order valence-corrected chi connectivity index (χ2v) is 8.05. The number of hydrogen-bond acceptors (Lipinski definition) is 0. The van der Waals surface area contributed by atoms with Crippen LogP contribution in [0.4, 0.5) is 4.39 Å². The lowest BCUT2D eigenvalue weighted by Crippen LogP contribution is -2.13. The van der Waals surface area contributed by atoms with Crippen molar-refractivity contribution < 1.29 is 4.39 Å². The minimum atomic E-state index is -0.110. The Hall–Kier alpha value is -1.89. The van der Waals surface area contributed by atoms with Crippen molar-refractivity contribution in [3.8, 4) is 11.1 Å². The van der Waals surface area contributed by atoms with Crippen molar-refractivity contribution in [2.24, 2.45) is 5.92 Å². The molecule has 1 aliphatic rings. The normalized spacial score (nSPS) is 20.3. The van der Waals surface area contributed by atoms with E-state index in [9.17, 15) is 4.39 Å². The van der Waals surface area contributed by atoms with Crippen LogP contribution in [0.15, 0.2) is 54.6 Å². The number of halogens is 1. The molecule has 0 aromatic heterocycles. The summed E-state index contributed by atoms with van der Waals surface area (Å²) < 4.78 is 14.6. The summed E-state index contributed by atoms with van der Waals surface area (Å²) in [6.45, 7) is 4.31. The number of benzene rings is 2. The van der Waals surface area contributed by atoms with E-state index >= 15 is 0 Å². The molecule has 144 valence electrons. The van der Waals surface area contributed by atoms with E-state index in [1.54, 1.807) is 6.07 Å². The highest BCUT2D eigenvalue weighted by atomic mass is 19.1. The van der Waals surface area contributed by atoms with Gasteiger partial charge in [0.15, 0.2) is 0 Å². The first-order valence-electron chi connectivity index (χ1n) is 10.7. The van der Waals surface area contributed by atoms with Crippen molar-refractivity contribution in [2.75, 3.05) is 0 Å². The molecular formula is C26H33F. The van der Waals surface area contributed by atoms with Crippen LogP contribution in [-0.4, -0.2) is 0 Å². The molecule has 0 saturated heterocycles. The molecule has 0 bridgehead atoms. The molecule has 0 spiro atoms. The molecule has 0 nitrogen and oxygen atoms in total. The molecule has 0 radical (unpaired) electrons. The molecule has 2 aromatic carbocycles. The summed E-state index contributed by atoms with van der Waals surface area (Å²) in [6.07, 6.45) is 14.1. The summed E-state index contributed by atoms with van der Waals surface area (Å²) in [5.41, 5.74) is 4.19. The Labute approximate surface area is 164 Å². The van der Waals surface area contributed by atoms with Crippen molar-refractivity contribution in [3.63, 3.8) is 0 Å². The Kier molecular flexibility index (Phi) is 7.26. The number of allylic oxidation sites excluding steroid dienone is 2. The van der Waals surface area contributed by atoms with Crippen LogP contribution in [0.25, 0.3) is 11.1 Å². The molecule has 0 heterocycles. The van der Waals surface area contributed by atoms with Gasteiger partial charge in [-0.3, -0.25) is 0 Å². The second kappa shape index (κ2) is 9.88. The molecule has 0 atom stereocenters. The molecule has 2 aromatic rings. The van der Waals surface area contributed by atoms with Gasteiger partial charge in [-0.05, 0) is 80.0 Å². The van der Waals surface area contributed by atoms with Crippen molar-refractivity contribution in [3.05, 3.63) is 71.6 Å². The van der Waals surface area contributed by atoms with Gasteiger partial charge in [-0.15, -0.1) is 0 Å². The van der Waals surface area contributed by atoms with E-state index < -0.39 is 0 Å². The first-order chi connectivity index (χ1) is 13.2. The highest BCUT2D eigenvalue weighted by molar-refractivity contribution is 5.65. The van der Waals surface area contributed by atoms with E-state index in [2.05, 4.69) is 43.3 Å². The van der Waals surface area contributed by atoms with Crippen molar-refractivity contribution >= 4 is 0 Å². The van der Waals surface area contributed by atoms with Crippen LogP contribution in [0, 0.1) is 11.7 Å². The lowest BCUT2D eigenvalue weighted by molar-refractivity contribution is 0.308. The highest BCUT2D eigenvalue weighted by Gasteiger charge is 2.21. The zero-order valence-electron chi connectivity index (χ0n) is 16.9. The van der Waals surface area contributed by atoms with Gasteiger partial charge < -0.3 is 0 Å². The number of hydrogen-bond donors (Lipinski definition) is 0. The van der Waals surface area contributed by atoms with Crippen molar-refractivity contribution in [1.82, 2.24) is 0 Å². The third-order valence-corrected chi connectivity index (χ3v) is 6.11. The average Bonchev–Trinajstić information content (AvgIpc) is 2.69. The summed E-state index contributed by atoms with van der Waals surface area (Å²) in [4.78, 5) is 0. The zero-order valence-corrected chi connectivity index (χ0v) is 16.9. The molecule has 0 amide bonds. The summed E-state index contributed by atoms with van der Waals surface area (Å²) >= 11 is 0. The van der Waals surface area contributed by atoms with E-state index in [1.165, 1.54) is 44.1 Å². The van der Waals surface area contributed by atoms with Crippen LogP contribution < -0.4 is 0 Å². The van der Waals surface area contributed by atoms with Gasteiger partial charge in [-0.25, -0.2) is 4.39 Å². The molecule has 1 saturated carbocycles.